The molecule has 0 bridgehead atoms. The zero-order valence-electron chi connectivity index (χ0n) is 13.1. The van der Waals surface area contributed by atoms with Crippen molar-refractivity contribution in [2.45, 2.75) is 31.8 Å². The summed E-state index contributed by atoms with van der Waals surface area (Å²) >= 11 is 0. The Balaban J connectivity index is 1.72. The molecular weight excluding hydrogens is 308 g/mol. The highest BCUT2D eigenvalue weighted by Crippen LogP contribution is 2.42. The normalized spacial score (nSPS) is 24.6. The van der Waals surface area contributed by atoms with Gasteiger partial charge in [0, 0.05) is 29.2 Å². The second-order valence-corrected chi connectivity index (χ2v) is 6.16. The van der Waals surface area contributed by atoms with Crippen LogP contribution in [0.2, 0.25) is 0 Å². The van der Waals surface area contributed by atoms with Gasteiger partial charge in [-0.05, 0) is 37.3 Å². The van der Waals surface area contributed by atoms with Crippen LogP contribution < -0.4 is 0 Å². The van der Waals surface area contributed by atoms with E-state index < -0.39 is 6.43 Å². The third-order valence-corrected chi connectivity index (χ3v) is 4.66. The predicted molar refractivity (Wildman–Crippen MR) is 90.6 cm³/mol. The number of hydrogen-bond donors (Lipinski definition) is 0. The second-order valence-electron chi connectivity index (χ2n) is 6.16. The quantitative estimate of drug-likeness (QED) is 0.695. The first kappa shape index (κ1) is 15.3. The summed E-state index contributed by atoms with van der Waals surface area (Å²) in [5, 5.41) is 0. The monoisotopic (exact) mass is 325 g/mol. The van der Waals surface area contributed by atoms with Crippen molar-refractivity contribution in [1.82, 2.24) is 0 Å². The number of alkyl halides is 2. The fourth-order valence-electron chi connectivity index (χ4n) is 3.61. The van der Waals surface area contributed by atoms with Gasteiger partial charge in [0.25, 0.3) is 6.43 Å². The molecule has 1 aromatic rings. The zero-order valence-corrected chi connectivity index (χ0v) is 13.1. The number of benzene rings is 1. The first-order chi connectivity index (χ1) is 11.7. The van der Waals surface area contributed by atoms with Gasteiger partial charge in [-0.25, -0.2) is 0 Å². The molecule has 2 unspecified atom stereocenters. The Labute approximate surface area is 139 Å². The van der Waals surface area contributed by atoms with Crippen molar-refractivity contribution in [2.24, 2.45) is 10.9 Å². The Morgan fingerprint density at radius 3 is 2.96 bits per heavy atom. The average molecular weight is 325 g/mol. The summed E-state index contributed by atoms with van der Waals surface area (Å²) < 4.78 is 30.9. The summed E-state index contributed by atoms with van der Waals surface area (Å²) in [7, 11) is 0. The minimum atomic E-state index is -2.63. The summed E-state index contributed by atoms with van der Waals surface area (Å²) in [6.07, 6.45) is 6.95. The van der Waals surface area contributed by atoms with Crippen LogP contribution in [0.1, 0.15) is 30.4 Å². The largest absolute Gasteiger partial charge is 0.377 e. The molecule has 2 nitrogen and oxygen atoms in total. The SMILES string of the molecule is FC(F)C#Cc1cccc2c1C1=CC=CC(C3CCCCO3)C1=N2. The summed E-state index contributed by atoms with van der Waals surface area (Å²) in [4.78, 5) is 4.78. The fraction of sp³-hybridized carbons (Fsp3) is 0.350. The number of aliphatic imine (C=N–C) groups is 1. The van der Waals surface area contributed by atoms with E-state index in [4.69, 9.17) is 9.73 Å². The molecule has 2 atom stereocenters. The predicted octanol–water partition coefficient (Wildman–Crippen LogP) is 4.53. The summed E-state index contributed by atoms with van der Waals surface area (Å²) in [6, 6.07) is 5.50. The third kappa shape index (κ3) is 2.70. The van der Waals surface area contributed by atoms with E-state index in [9.17, 15) is 8.78 Å². The Morgan fingerprint density at radius 2 is 2.17 bits per heavy atom. The van der Waals surface area contributed by atoms with Crippen molar-refractivity contribution in [3.8, 4) is 11.8 Å². The Kier molecular flexibility index (Phi) is 4.03. The van der Waals surface area contributed by atoms with Crippen LogP contribution in [0.15, 0.2) is 41.4 Å². The third-order valence-electron chi connectivity index (χ3n) is 4.66. The maximum Gasteiger partial charge on any atom is 0.299 e. The Bertz CT molecular complexity index is 805. The van der Waals surface area contributed by atoms with E-state index in [0.29, 0.717) is 5.56 Å². The molecule has 2 aliphatic heterocycles. The number of rotatable bonds is 1. The van der Waals surface area contributed by atoms with Crippen molar-refractivity contribution < 1.29 is 13.5 Å². The highest BCUT2D eigenvalue weighted by atomic mass is 19.3. The lowest BCUT2D eigenvalue weighted by Crippen LogP contribution is -2.33. The van der Waals surface area contributed by atoms with Gasteiger partial charge in [-0.15, -0.1) is 0 Å². The number of hydrogen-bond acceptors (Lipinski definition) is 2. The minimum absolute atomic E-state index is 0.119. The van der Waals surface area contributed by atoms with Gasteiger partial charge in [-0.1, -0.05) is 30.2 Å². The lowest BCUT2D eigenvalue weighted by Gasteiger charge is -2.30. The lowest BCUT2D eigenvalue weighted by molar-refractivity contribution is 0.00535. The summed E-state index contributed by atoms with van der Waals surface area (Å²) in [5.74, 6) is 4.68. The van der Waals surface area contributed by atoms with Crippen LogP contribution in [0.4, 0.5) is 14.5 Å². The summed E-state index contributed by atoms with van der Waals surface area (Å²) in [5.41, 5.74) is 4.25. The zero-order chi connectivity index (χ0) is 16.5. The van der Waals surface area contributed by atoms with Gasteiger partial charge in [0.05, 0.1) is 17.5 Å². The molecule has 0 saturated carbocycles. The molecule has 0 amide bonds. The molecule has 1 aliphatic carbocycles. The highest BCUT2D eigenvalue weighted by Gasteiger charge is 2.34. The molecule has 0 radical (unpaired) electrons. The molecule has 122 valence electrons. The van der Waals surface area contributed by atoms with Crippen LogP contribution in [0, 0.1) is 17.8 Å². The van der Waals surface area contributed by atoms with Crippen molar-refractivity contribution in [3.05, 3.63) is 47.6 Å². The highest BCUT2D eigenvalue weighted by molar-refractivity contribution is 6.31. The van der Waals surface area contributed by atoms with E-state index in [-0.39, 0.29) is 12.0 Å². The molecule has 0 N–H and O–H groups in total. The van der Waals surface area contributed by atoms with Crippen LogP contribution in [-0.2, 0) is 4.74 Å². The molecular formula is C20H17F2NO. The van der Waals surface area contributed by atoms with E-state index in [0.717, 1.165) is 42.0 Å². The Hall–Kier alpha value is -2.25. The topological polar surface area (TPSA) is 21.6 Å². The van der Waals surface area contributed by atoms with Gasteiger partial charge in [0.1, 0.15) is 0 Å². The number of ether oxygens (including phenoxy) is 1. The molecule has 1 saturated heterocycles. The molecule has 1 fully saturated rings. The van der Waals surface area contributed by atoms with Crippen LogP contribution in [0.3, 0.4) is 0 Å². The molecule has 3 aliphatic rings. The molecule has 24 heavy (non-hydrogen) atoms. The minimum Gasteiger partial charge on any atom is -0.377 e. The first-order valence-electron chi connectivity index (χ1n) is 8.26. The molecule has 2 heterocycles. The van der Waals surface area contributed by atoms with Crippen LogP contribution >= 0.6 is 0 Å². The standard InChI is InChI=1S/C20H17F2NO/c21-18(22)11-10-13-5-3-8-16-19(13)15-7-4-6-14(20(15)23-16)17-9-1-2-12-24-17/h3-8,14,17-18H,1-2,9,12H2. The number of halogens is 2. The molecule has 0 spiro atoms. The lowest BCUT2D eigenvalue weighted by atomic mass is 9.82. The molecule has 0 aromatic heterocycles. The maximum absolute atomic E-state index is 12.5. The van der Waals surface area contributed by atoms with Crippen molar-refractivity contribution in [3.63, 3.8) is 0 Å². The maximum atomic E-state index is 12.5. The van der Waals surface area contributed by atoms with Crippen LogP contribution in [0.25, 0.3) is 5.57 Å². The van der Waals surface area contributed by atoms with E-state index in [1.807, 2.05) is 30.2 Å². The van der Waals surface area contributed by atoms with Gasteiger partial charge < -0.3 is 4.74 Å². The molecule has 4 heteroatoms. The van der Waals surface area contributed by atoms with E-state index in [1.165, 1.54) is 6.42 Å². The second kappa shape index (κ2) is 6.33. The van der Waals surface area contributed by atoms with Gasteiger partial charge in [-0.2, -0.15) is 8.78 Å². The van der Waals surface area contributed by atoms with Gasteiger partial charge in [0.2, 0.25) is 0 Å². The van der Waals surface area contributed by atoms with Crippen molar-refractivity contribution >= 4 is 17.0 Å². The number of nitrogens with zero attached hydrogens (tertiary/aromatic N) is 1. The number of allylic oxidation sites excluding steroid dienone is 3. The van der Waals surface area contributed by atoms with Crippen molar-refractivity contribution in [1.29, 1.82) is 0 Å². The molecule has 4 rings (SSSR count). The van der Waals surface area contributed by atoms with Gasteiger partial charge >= 0.3 is 0 Å². The first-order valence-corrected chi connectivity index (χ1v) is 8.26. The smallest absolute Gasteiger partial charge is 0.299 e. The molecule has 1 aromatic carbocycles. The Morgan fingerprint density at radius 1 is 1.25 bits per heavy atom. The van der Waals surface area contributed by atoms with Crippen LogP contribution in [0.5, 0.6) is 0 Å². The van der Waals surface area contributed by atoms with Gasteiger partial charge in [0.15, 0.2) is 0 Å². The van der Waals surface area contributed by atoms with E-state index >= 15 is 0 Å². The van der Waals surface area contributed by atoms with E-state index in [2.05, 4.69) is 12.0 Å². The van der Waals surface area contributed by atoms with Crippen LogP contribution in [-0.4, -0.2) is 24.8 Å². The number of fused-ring (bicyclic) bond motifs is 3. The van der Waals surface area contributed by atoms with E-state index in [1.54, 1.807) is 6.07 Å². The fourth-order valence-corrected chi connectivity index (χ4v) is 3.61. The van der Waals surface area contributed by atoms with Gasteiger partial charge in [-0.3, -0.25) is 4.99 Å². The summed E-state index contributed by atoms with van der Waals surface area (Å²) in [6.45, 7) is 0.791. The van der Waals surface area contributed by atoms with Crippen molar-refractivity contribution in [2.75, 3.05) is 6.61 Å². The average Bonchev–Trinajstić information content (AvgIpc) is 3.00.